The summed E-state index contributed by atoms with van der Waals surface area (Å²) in [5.41, 5.74) is 0.692. The number of benzene rings is 1. The lowest BCUT2D eigenvalue weighted by Crippen LogP contribution is -2.22. The number of hydrogen-bond acceptors (Lipinski definition) is 4. The molecule has 1 rings (SSSR count). The summed E-state index contributed by atoms with van der Waals surface area (Å²) in [5.74, 6) is -0.618. The fraction of sp³-hybridized carbons (Fsp3) is 0.385. The van der Waals surface area contributed by atoms with Crippen LogP contribution in [0.4, 0.5) is 0 Å². The van der Waals surface area contributed by atoms with Crippen LogP contribution in [-0.2, 0) is 14.3 Å². The maximum atomic E-state index is 11.9. The Labute approximate surface area is 106 Å². The molecule has 3 nitrogen and oxygen atoms in total. The predicted molar refractivity (Wildman–Crippen MR) is 69.0 cm³/mol. The number of carbonyl (C=O) groups excluding carboxylic acids is 2. The van der Waals surface area contributed by atoms with Gasteiger partial charge in [-0.25, -0.2) is 0 Å². The van der Waals surface area contributed by atoms with Crippen LogP contribution in [0, 0.1) is 0 Å². The summed E-state index contributed by atoms with van der Waals surface area (Å²) in [4.78, 5) is 23.7. The molecule has 0 aliphatic heterocycles. The summed E-state index contributed by atoms with van der Waals surface area (Å²) in [7, 11) is 0. The quantitative estimate of drug-likeness (QED) is 0.597. The standard InChI is InChI=1S/C13H16O3S/c1-3-16-12(14)11(13(15)17-4-2)10-8-6-5-7-9-10/h5-9,11H,3-4H2,1-2H3. The molecule has 0 saturated carbocycles. The first-order valence-corrected chi connectivity index (χ1v) is 6.57. The van der Waals surface area contributed by atoms with Crippen molar-refractivity contribution in [3.8, 4) is 0 Å². The predicted octanol–water partition coefficient (Wildman–Crippen LogP) is 2.61. The number of esters is 1. The highest BCUT2D eigenvalue weighted by molar-refractivity contribution is 8.13. The number of rotatable bonds is 5. The van der Waals surface area contributed by atoms with Gasteiger partial charge in [-0.2, -0.15) is 0 Å². The highest BCUT2D eigenvalue weighted by Gasteiger charge is 2.29. The van der Waals surface area contributed by atoms with Gasteiger partial charge in [-0.15, -0.1) is 0 Å². The zero-order valence-electron chi connectivity index (χ0n) is 10.0. The monoisotopic (exact) mass is 252 g/mol. The molecule has 0 radical (unpaired) electrons. The Kier molecular flexibility index (Phi) is 5.77. The first-order valence-electron chi connectivity index (χ1n) is 5.58. The van der Waals surface area contributed by atoms with Gasteiger partial charge < -0.3 is 4.74 Å². The minimum atomic E-state index is -0.805. The molecule has 92 valence electrons. The first kappa shape index (κ1) is 13.8. The second-order valence-corrected chi connectivity index (χ2v) is 4.62. The van der Waals surface area contributed by atoms with Gasteiger partial charge in [0.15, 0.2) is 5.92 Å². The van der Waals surface area contributed by atoms with E-state index in [4.69, 9.17) is 4.74 Å². The molecule has 1 atom stereocenters. The Hall–Kier alpha value is -1.29. The fourth-order valence-electron chi connectivity index (χ4n) is 1.47. The van der Waals surface area contributed by atoms with Gasteiger partial charge in [-0.1, -0.05) is 49.0 Å². The second-order valence-electron chi connectivity index (χ2n) is 3.35. The van der Waals surface area contributed by atoms with Crippen LogP contribution in [0.1, 0.15) is 25.3 Å². The van der Waals surface area contributed by atoms with Gasteiger partial charge >= 0.3 is 5.97 Å². The first-order chi connectivity index (χ1) is 8.20. The van der Waals surface area contributed by atoms with Crippen molar-refractivity contribution in [2.45, 2.75) is 19.8 Å². The topological polar surface area (TPSA) is 43.4 Å². The largest absolute Gasteiger partial charge is 0.465 e. The van der Waals surface area contributed by atoms with Crippen LogP contribution < -0.4 is 0 Å². The van der Waals surface area contributed by atoms with E-state index in [-0.39, 0.29) is 11.7 Å². The zero-order chi connectivity index (χ0) is 12.7. The molecule has 0 heterocycles. The van der Waals surface area contributed by atoms with Crippen LogP contribution in [0.3, 0.4) is 0 Å². The van der Waals surface area contributed by atoms with E-state index >= 15 is 0 Å². The molecular weight excluding hydrogens is 236 g/mol. The summed E-state index contributed by atoms with van der Waals surface area (Å²) in [6, 6.07) is 9.02. The van der Waals surface area contributed by atoms with E-state index in [0.717, 1.165) is 11.8 Å². The molecule has 0 bridgehead atoms. The van der Waals surface area contributed by atoms with Gasteiger partial charge in [-0.05, 0) is 18.2 Å². The number of carbonyl (C=O) groups is 2. The van der Waals surface area contributed by atoms with Crippen molar-refractivity contribution in [1.82, 2.24) is 0 Å². The van der Waals surface area contributed by atoms with Crippen molar-refractivity contribution >= 4 is 22.8 Å². The lowest BCUT2D eigenvalue weighted by molar-refractivity contribution is -0.146. The summed E-state index contributed by atoms with van der Waals surface area (Å²) >= 11 is 1.15. The van der Waals surface area contributed by atoms with Crippen LogP contribution in [0.2, 0.25) is 0 Å². The Balaban J connectivity index is 2.94. The van der Waals surface area contributed by atoms with E-state index in [1.165, 1.54) is 0 Å². The van der Waals surface area contributed by atoms with Crippen molar-refractivity contribution < 1.29 is 14.3 Å². The van der Waals surface area contributed by atoms with Crippen LogP contribution in [0.15, 0.2) is 30.3 Å². The Morgan fingerprint density at radius 1 is 1.24 bits per heavy atom. The molecule has 0 saturated heterocycles. The fourth-order valence-corrected chi connectivity index (χ4v) is 2.15. The van der Waals surface area contributed by atoms with Gasteiger partial charge in [0.2, 0.25) is 5.12 Å². The smallest absolute Gasteiger partial charge is 0.321 e. The second kappa shape index (κ2) is 7.12. The summed E-state index contributed by atoms with van der Waals surface area (Å²) in [6.07, 6.45) is 0. The van der Waals surface area contributed by atoms with Crippen molar-refractivity contribution in [2.75, 3.05) is 12.4 Å². The van der Waals surface area contributed by atoms with Gasteiger partial charge in [0.1, 0.15) is 0 Å². The van der Waals surface area contributed by atoms with E-state index in [1.54, 1.807) is 19.1 Å². The average molecular weight is 252 g/mol. The summed E-state index contributed by atoms with van der Waals surface area (Å²) in [5, 5.41) is -0.155. The van der Waals surface area contributed by atoms with Gasteiger partial charge in [0.05, 0.1) is 6.61 Å². The maximum absolute atomic E-state index is 11.9. The normalized spacial score (nSPS) is 11.9. The third-order valence-electron chi connectivity index (χ3n) is 2.18. The van der Waals surface area contributed by atoms with Crippen molar-refractivity contribution in [2.24, 2.45) is 0 Å². The molecule has 0 N–H and O–H groups in total. The Bertz CT molecular complexity index is 358. The summed E-state index contributed by atoms with van der Waals surface area (Å²) in [6.45, 7) is 3.90. The molecule has 0 amide bonds. The van der Waals surface area contributed by atoms with E-state index in [9.17, 15) is 9.59 Å². The molecule has 1 unspecified atom stereocenters. The van der Waals surface area contributed by atoms with E-state index in [0.29, 0.717) is 11.3 Å². The Morgan fingerprint density at radius 3 is 2.41 bits per heavy atom. The molecule has 1 aromatic carbocycles. The lowest BCUT2D eigenvalue weighted by atomic mass is 10.0. The molecule has 0 aromatic heterocycles. The minimum Gasteiger partial charge on any atom is -0.465 e. The lowest BCUT2D eigenvalue weighted by Gasteiger charge is -2.13. The highest BCUT2D eigenvalue weighted by atomic mass is 32.2. The molecule has 1 aromatic rings. The number of ether oxygens (including phenoxy) is 1. The third kappa shape index (κ3) is 3.89. The molecule has 17 heavy (non-hydrogen) atoms. The molecule has 0 aliphatic carbocycles. The number of hydrogen-bond donors (Lipinski definition) is 0. The SMILES string of the molecule is CCOC(=O)C(C(=O)SCC)c1ccccc1. The van der Waals surface area contributed by atoms with Crippen LogP contribution in [0.25, 0.3) is 0 Å². The minimum absolute atomic E-state index is 0.155. The summed E-state index contributed by atoms with van der Waals surface area (Å²) < 4.78 is 4.95. The number of thioether (sulfide) groups is 1. The molecule has 0 aliphatic rings. The van der Waals surface area contributed by atoms with Crippen LogP contribution >= 0.6 is 11.8 Å². The zero-order valence-corrected chi connectivity index (χ0v) is 10.8. The van der Waals surface area contributed by atoms with E-state index in [1.807, 2.05) is 25.1 Å². The molecular formula is C13H16O3S. The van der Waals surface area contributed by atoms with E-state index in [2.05, 4.69) is 0 Å². The molecule has 4 heteroatoms. The van der Waals surface area contributed by atoms with Crippen LogP contribution in [-0.4, -0.2) is 23.4 Å². The average Bonchev–Trinajstić information content (AvgIpc) is 2.31. The van der Waals surface area contributed by atoms with Crippen LogP contribution in [0.5, 0.6) is 0 Å². The Morgan fingerprint density at radius 2 is 1.88 bits per heavy atom. The van der Waals surface area contributed by atoms with Gasteiger partial charge in [0, 0.05) is 0 Å². The molecule has 0 fully saturated rings. The van der Waals surface area contributed by atoms with Crippen molar-refractivity contribution in [3.05, 3.63) is 35.9 Å². The third-order valence-corrected chi connectivity index (χ3v) is 2.99. The molecule has 0 spiro atoms. The van der Waals surface area contributed by atoms with Crippen molar-refractivity contribution in [3.63, 3.8) is 0 Å². The maximum Gasteiger partial charge on any atom is 0.321 e. The van der Waals surface area contributed by atoms with Crippen molar-refractivity contribution in [1.29, 1.82) is 0 Å². The van der Waals surface area contributed by atoms with Gasteiger partial charge in [0.25, 0.3) is 0 Å². The van der Waals surface area contributed by atoms with Gasteiger partial charge in [-0.3, -0.25) is 9.59 Å². The highest BCUT2D eigenvalue weighted by Crippen LogP contribution is 2.24. The van der Waals surface area contributed by atoms with E-state index < -0.39 is 11.9 Å².